The highest BCUT2D eigenvalue weighted by Crippen LogP contribution is 2.29. The second kappa shape index (κ2) is 9.09. The van der Waals surface area contributed by atoms with E-state index in [2.05, 4.69) is 15.1 Å². The van der Waals surface area contributed by atoms with Crippen LogP contribution in [0.4, 0.5) is 5.69 Å². The van der Waals surface area contributed by atoms with E-state index in [0.29, 0.717) is 34.4 Å². The van der Waals surface area contributed by atoms with Gasteiger partial charge in [-0.05, 0) is 47.9 Å². The Morgan fingerprint density at radius 2 is 1.52 bits per heavy atom. The van der Waals surface area contributed by atoms with Crippen LogP contribution in [-0.4, -0.2) is 70.9 Å². The highest BCUT2D eigenvalue weighted by atomic mass is 35.5. The van der Waals surface area contributed by atoms with Crippen molar-refractivity contribution in [1.29, 1.82) is 0 Å². The third-order valence-corrected chi connectivity index (χ3v) is 6.83. The second-order valence-electron chi connectivity index (χ2n) is 8.24. The van der Waals surface area contributed by atoms with Crippen molar-refractivity contribution in [2.24, 2.45) is 0 Å². The van der Waals surface area contributed by atoms with Crippen LogP contribution in [0.5, 0.6) is 0 Å². The molecule has 1 fully saturated rings. The fraction of sp³-hybridized carbons (Fsp3) is 0.240. The number of piperazine rings is 1. The van der Waals surface area contributed by atoms with E-state index in [1.165, 1.54) is 4.90 Å². The molecule has 0 unspecified atom stereocenters. The normalized spacial score (nSPS) is 16.4. The molecule has 0 saturated carbocycles. The SMILES string of the molecule is O=C1c2cccc3cccc(c23)C(=O)N1CCN1CCN(C(=S)Nc2cccc(Cl)c2)CC1. The summed E-state index contributed by atoms with van der Waals surface area (Å²) in [5.41, 5.74) is 2.07. The van der Waals surface area contributed by atoms with Crippen LogP contribution in [0.1, 0.15) is 20.7 Å². The van der Waals surface area contributed by atoms with Crippen molar-refractivity contribution in [3.63, 3.8) is 0 Å². The van der Waals surface area contributed by atoms with Crippen LogP contribution in [0, 0.1) is 0 Å². The van der Waals surface area contributed by atoms with Crippen LogP contribution in [0.25, 0.3) is 10.8 Å². The maximum atomic E-state index is 13.1. The van der Waals surface area contributed by atoms with Gasteiger partial charge in [-0.25, -0.2) is 0 Å². The Morgan fingerprint density at radius 1 is 0.879 bits per heavy atom. The molecule has 6 nitrogen and oxygen atoms in total. The number of carbonyl (C=O) groups excluding carboxylic acids is 2. The first-order valence-electron chi connectivity index (χ1n) is 10.9. The van der Waals surface area contributed by atoms with E-state index in [-0.39, 0.29) is 11.8 Å². The highest BCUT2D eigenvalue weighted by molar-refractivity contribution is 7.80. The number of benzene rings is 3. The number of hydrogen-bond acceptors (Lipinski definition) is 4. The summed E-state index contributed by atoms with van der Waals surface area (Å²) in [6.45, 7) is 4.16. The minimum Gasteiger partial charge on any atom is -0.346 e. The summed E-state index contributed by atoms with van der Waals surface area (Å²) in [6, 6.07) is 18.7. The standard InChI is InChI=1S/C25H23ClN4O2S/c26-18-6-3-7-19(16-18)27-25(33)29-13-10-28(11-14-29)12-15-30-23(31)20-8-1-4-17-5-2-9-21(22(17)20)24(30)32/h1-9,16H,10-15H2,(H,27,33). The van der Waals surface area contributed by atoms with E-state index >= 15 is 0 Å². The van der Waals surface area contributed by atoms with Crippen LogP contribution < -0.4 is 5.32 Å². The number of nitrogens with one attached hydrogen (secondary N) is 1. The van der Waals surface area contributed by atoms with Gasteiger partial charge < -0.3 is 10.2 Å². The Labute approximate surface area is 202 Å². The summed E-state index contributed by atoms with van der Waals surface area (Å²) in [4.78, 5) is 31.9. The van der Waals surface area contributed by atoms with Crippen LogP contribution >= 0.6 is 23.8 Å². The molecule has 0 radical (unpaired) electrons. The topological polar surface area (TPSA) is 55.9 Å². The molecule has 8 heteroatoms. The highest BCUT2D eigenvalue weighted by Gasteiger charge is 2.33. The smallest absolute Gasteiger partial charge is 0.261 e. The molecular formula is C25H23ClN4O2S. The molecule has 3 aromatic carbocycles. The van der Waals surface area contributed by atoms with Crippen molar-refractivity contribution < 1.29 is 9.59 Å². The largest absolute Gasteiger partial charge is 0.346 e. The van der Waals surface area contributed by atoms with Crippen molar-refractivity contribution in [3.8, 4) is 0 Å². The first-order valence-corrected chi connectivity index (χ1v) is 11.7. The van der Waals surface area contributed by atoms with Gasteiger partial charge in [-0.15, -0.1) is 0 Å². The lowest BCUT2D eigenvalue weighted by atomic mass is 9.94. The van der Waals surface area contributed by atoms with Gasteiger partial charge in [-0.1, -0.05) is 41.9 Å². The molecule has 2 aliphatic heterocycles. The molecule has 0 bridgehead atoms. The second-order valence-corrected chi connectivity index (χ2v) is 9.06. The van der Waals surface area contributed by atoms with Crippen molar-refractivity contribution in [2.45, 2.75) is 0 Å². The monoisotopic (exact) mass is 478 g/mol. The number of nitrogens with zero attached hydrogens (tertiary/aromatic N) is 3. The first kappa shape index (κ1) is 21.8. The molecule has 2 heterocycles. The fourth-order valence-corrected chi connectivity index (χ4v) is 4.96. The molecule has 0 spiro atoms. The van der Waals surface area contributed by atoms with Crippen LogP contribution in [0.2, 0.25) is 5.02 Å². The summed E-state index contributed by atoms with van der Waals surface area (Å²) in [6.07, 6.45) is 0. The van der Waals surface area contributed by atoms with Gasteiger partial charge in [0.2, 0.25) is 0 Å². The molecule has 2 amide bonds. The predicted molar refractivity (Wildman–Crippen MR) is 135 cm³/mol. The van der Waals surface area contributed by atoms with Crippen LogP contribution in [0.15, 0.2) is 60.7 Å². The summed E-state index contributed by atoms with van der Waals surface area (Å²) < 4.78 is 0. The Balaban J connectivity index is 1.18. The van der Waals surface area contributed by atoms with Gasteiger partial charge in [0.15, 0.2) is 5.11 Å². The van der Waals surface area contributed by atoms with Gasteiger partial charge in [-0.3, -0.25) is 19.4 Å². The first-order chi connectivity index (χ1) is 16.0. The zero-order valence-electron chi connectivity index (χ0n) is 18.0. The zero-order chi connectivity index (χ0) is 22.9. The number of carbonyl (C=O) groups is 2. The Bertz CT molecular complexity index is 1210. The van der Waals surface area contributed by atoms with E-state index in [4.69, 9.17) is 23.8 Å². The van der Waals surface area contributed by atoms with Crippen molar-refractivity contribution >= 4 is 57.2 Å². The summed E-state index contributed by atoms with van der Waals surface area (Å²) in [5, 5.41) is 6.25. The van der Waals surface area contributed by atoms with Gasteiger partial charge in [0.1, 0.15) is 0 Å². The minimum atomic E-state index is -0.213. The molecule has 0 aliphatic carbocycles. The average Bonchev–Trinajstić information content (AvgIpc) is 2.82. The number of amides is 2. The fourth-order valence-electron chi connectivity index (χ4n) is 4.47. The van der Waals surface area contributed by atoms with Gasteiger partial charge in [-0.2, -0.15) is 0 Å². The van der Waals surface area contributed by atoms with E-state index < -0.39 is 0 Å². The molecule has 2 aliphatic rings. The molecule has 5 rings (SSSR count). The quantitative estimate of drug-likeness (QED) is 0.450. The van der Waals surface area contributed by atoms with E-state index in [0.717, 1.165) is 42.6 Å². The molecular weight excluding hydrogens is 456 g/mol. The van der Waals surface area contributed by atoms with E-state index in [9.17, 15) is 9.59 Å². The molecule has 0 atom stereocenters. The third-order valence-electron chi connectivity index (χ3n) is 6.23. The molecule has 3 aromatic rings. The maximum Gasteiger partial charge on any atom is 0.261 e. The van der Waals surface area contributed by atoms with Crippen molar-refractivity contribution in [2.75, 3.05) is 44.6 Å². The number of imide groups is 1. The minimum absolute atomic E-state index is 0.213. The number of hydrogen-bond donors (Lipinski definition) is 1. The summed E-state index contributed by atoms with van der Waals surface area (Å²) in [5.74, 6) is -0.426. The van der Waals surface area contributed by atoms with Crippen molar-refractivity contribution in [3.05, 3.63) is 76.8 Å². The molecule has 168 valence electrons. The van der Waals surface area contributed by atoms with Gasteiger partial charge in [0.05, 0.1) is 0 Å². The number of rotatable bonds is 4. The molecule has 0 aromatic heterocycles. The van der Waals surface area contributed by atoms with Crippen LogP contribution in [0.3, 0.4) is 0 Å². The van der Waals surface area contributed by atoms with Gasteiger partial charge in [0, 0.05) is 66.5 Å². The lowest BCUT2D eigenvalue weighted by Crippen LogP contribution is -2.52. The molecule has 1 saturated heterocycles. The zero-order valence-corrected chi connectivity index (χ0v) is 19.5. The molecule has 1 N–H and O–H groups in total. The number of anilines is 1. The number of thiocarbonyl (C=S) groups is 1. The lowest BCUT2D eigenvalue weighted by molar-refractivity contribution is 0.0583. The predicted octanol–water partition coefficient (Wildman–Crippen LogP) is 4.10. The van der Waals surface area contributed by atoms with Gasteiger partial charge in [0.25, 0.3) is 11.8 Å². The average molecular weight is 479 g/mol. The van der Waals surface area contributed by atoms with Crippen LogP contribution in [-0.2, 0) is 0 Å². The summed E-state index contributed by atoms with van der Waals surface area (Å²) in [7, 11) is 0. The summed E-state index contributed by atoms with van der Waals surface area (Å²) >= 11 is 11.6. The maximum absolute atomic E-state index is 13.1. The number of halogens is 1. The Morgan fingerprint density at radius 3 is 2.15 bits per heavy atom. The van der Waals surface area contributed by atoms with Gasteiger partial charge >= 0.3 is 0 Å². The van der Waals surface area contributed by atoms with E-state index in [1.54, 1.807) is 12.1 Å². The van der Waals surface area contributed by atoms with E-state index in [1.807, 2.05) is 48.5 Å². The Kier molecular flexibility index (Phi) is 6.01. The molecule has 33 heavy (non-hydrogen) atoms. The Hall–Kier alpha value is -3.00. The van der Waals surface area contributed by atoms with Crippen molar-refractivity contribution in [1.82, 2.24) is 14.7 Å². The lowest BCUT2D eigenvalue weighted by Gasteiger charge is -2.37. The third kappa shape index (κ3) is 4.31.